The summed E-state index contributed by atoms with van der Waals surface area (Å²) in [6.45, 7) is 1.87. The van der Waals surface area contributed by atoms with Crippen LogP contribution < -0.4 is 10.5 Å². The average molecular weight is 318 g/mol. The number of alkyl halides is 3. The fraction of sp³-hybridized carbons (Fsp3) is 0.200. The van der Waals surface area contributed by atoms with Gasteiger partial charge in [-0.1, -0.05) is 30.3 Å². The number of hydrogen-bond acceptors (Lipinski definition) is 2. The molecule has 2 aromatic carbocycles. The lowest BCUT2D eigenvalue weighted by Crippen LogP contribution is -2.16. The van der Waals surface area contributed by atoms with Crippen molar-refractivity contribution in [2.75, 3.05) is 0 Å². The summed E-state index contributed by atoms with van der Waals surface area (Å²) in [5, 5.41) is 0. The van der Waals surface area contributed by atoms with Crippen molar-refractivity contribution in [2.24, 2.45) is 5.73 Å². The summed E-state index contributed by atoms with van der Waals surface area (Å²) in [6, 6.07) is 13.2. The minimum Gasteiger partial charge on any atom is -0.406 e. The Balaban J connectivity index is 0.00000220. The van der Waals surface area contributed by atoms with Crippen LogP contribution in [0.4, 0.5) is 13.2 Å². The molecule has 114 valence electrons. The van der Waals surface area contributed by atoms with Gasteiger partial charge in [0.2, 0.25) is 0 Å². The first-order valence-corrected chi connectivity index (χ1v) is 6.07. The highest BCUT2D eigenvalue weighted by molar-refractivity contribution is 5.85. The Morgan fingerprint density at radius 1 is 1.00 bits per heavy atom. The first-order chi connectivity index (χ1) is 9.35. The molecule has 2 N–H and O–H groups in total. The zero-order valence-electron chi connectivity index (χ0n) is 11.2. The number of hydrogen-bond donors (Lipinski definition) is 1. The Bertz CT molecular complexity index is 582. The second-order valence-corrected chi connectivity index (χ2v) is 4.49. The van der Waals surface area contributed by atoms with Crippen molar-refractivity contribution in [3.05, 3.63) is 54.1 Å². The summed E-state index contributed by atoms with van der Waals surface area (Å²) >= 11 is 0. The van der Waals surface area contributed by atoms with Gasteiger partial charge in [0.15, 0.2) is 0 Å². The van der Waals surface area contributed by atoms with Gasteiger partial charge >= 0.3 is 6.36 Å². The van der Waals surface area contributed by atoms with E-state index in [0.29, 0.717) is 0 Å². The highest BCUT2D eigenvalue weighted by Gasteiger charge is 2.30. The fourth-order valence-corrected chi connectivity index (χ4v) is 1.85. The van der Waals surface area contributed by atoms with E-state index in [9.17, 15) is 13.2 Å². The van der Waals surface area contributed by atoms with Crippen LogP contribution >= 0.6 is 12.4 Å². The zero-order chi connectivity index (χ0) is 14.8. The topological polar surface area (TPSA) is 35.2 Å². The predicted molar refractivity (Wildman–Crippen MR) is 78.4 cm³/mol. The summed E-state index contributed by atoms with van der Waals surface area (Å²) in [4.78, 5) is 0. The Morgan fingerprint density at radius 2 is 1.62 bits per heavy atom. The van der Waals surface area contributed by atoms with E-state index in [1.807, 2.05) is 31.2 Å². The quantitative estimate of drug-likeness (QED) is 0.891. The standard InChI is InChI=1S/C15H14F3NO.ClH/c1-10(19)12-3-2-4-13(9-12)11-5-7-14(8-6-11)20-15(16,17)18;/h2-10H,19H2,1H3;1H/t10-;/m1./s1. The number of nitrogens with two attached hydrogens (primary N) is 1. The molecule has 0 fully saturated rings. The van der Waals surface area contributed by atoms with E-state index < -0.39 is 6.36 Å². The molecule has 2 aromatic rings. The molecule has 0 spiro atoms. The van der Waals surface area contributed by atoms with Crippen molar-refractivity contribution in [3.63, 3.8) is 0 Å². The fourth-order valence-electron chi connectivity index (χ4n) is 1.85. The Hall–Kier alpha value is -1.72. The molecule has 0 aliphatic carbocycles. The van der Waals surface area contributed by atoms with Crippen LogP contribution in [0.3, 0.4) is 0 Å². The molecule has 0 saturated heterocycles. The van der Waals surface area contributed by atoms with Crippen LogP contribution in [0.5, 0.6) is 5.75 Å². The number of ether oxygens (including phenoxy) is 1. The van der Waals surface area contributed by atoms with Gasteiger partial charge in [-0.05, 0) is 41.8 Å². The van der Waals surface area contributed by atoms with Crippen molar-refractivity contribution >= 4 is 12.4 Å². The molecule has 2 nitrogen and oxygen atoms in total. The van der Waals surface area contributed by atoms with Gasteiger partial charge in [0, 0.05) is 6.04 Å². The average Bonchev–Trinajstić information content (AvgIpc) is 2.38. The van der Waals surface area contributed by atoms with Crippen molar-refractivity contribution < 1.29 is 17.9 Å². The van der Waals surface area contributed by atoms with Gasteiger partial charge in [-0.15, -0.1) is 25.6 Å². The largest absolute Gasteiger partial charge is 0.573 e. The monoisotopic (exact) mass is 317 g/mol. The summed E-state index contributed by atoms with van der Waals surface area (Å²) in [7, 11) is 0. The van der Waals surface area contributed by atoms with Crippen LogP contribution in [0.15, 0.2) is 48.5 Å². The Morgan fingerprint density at radius 3 is 2.14 bits per heavy atom. The third-order valence-corrected chi connectivity index (χ3v) is 2.83. The molecule has 6 heteroatoms. The molecule has 0 aromatic heterocycles. The second kappa shape index (κ2) is 6.83. The molecule has 21 heavy (non-hydrogen) atoms. The van der Waals surface area contributed by atoms with E-state index in [1.54, 1.807) is 12.1 Å². The Labute approximate surface area is 127 Å². The van der Waals surface area contributed by atoms with Crippen molar-refractivity contribution in [1.29, 1.82) is 0 Å². The normalized spacial score (nSPS) is 12.4. The van der Waals surface area contributed by atoms with Gasteiger partial charge in [0.05, 0.1) is 0 Å². The van der Waals surface area contributed by atoms with Gasteiger partial charge in [-0.3, -0.25) is 0 Å². The molecule has 0 radical (unpaired) electrons. The maximum absolute atomic E-state index is 12.1. The van der Waals surface area contributed by atoms with E-state index in [2.05, 4.69) is 4.74 Å². The molecule has 0 bridgehead atoms. The molecule has 1 atom stereocenters. The molecule has 0 heterocycles. The zero-order valence-corrected chi connectivity index (χ0v) is 12.0. The summed E-state index contributed by atoms with van der Waals surface area (Å²) < 4.78 is 40.0. The van der Waals surface area contributed by atoms with Crippen LogP contribution in [0.1, 0.15) is 18.5 Å². The van der Waals surface area contributed by atoms with Crippen molar-refractivity contribution in [1.82, 2.24) is 0 Å². The van der Waals surface area contributed by atoms with Crippen molar-refractivity contribution in [2.45, 2.75) is 19.3 Å². The highest BCUT2D eigenvalue weighted by atomic mass is 35.5. The van der Waals surface area contributed by atoms with Gasteiger partial charge < -0.3 is 10.5 Å². The lowest BCUT2D eigenvalue weighted by Gasteiger charge is -2.11. The number of halogens is 4. The summed E-state index contributed by atoms with van der Waals surface area (Å²) in [6.07, 6.45) is -4.67. The van der Waals surface area contributed by atoms with E-state index in [4.69, 9.17) is 5.73 Å². The van der Waals surface area contributed by atoms with E-state index in [-0.39, 0.29) is 24.2 Å². The van der Waals surface area contributed by atoms with Crippen LogP contribution in [0, 0.1) is 0 Å². The molecule has 0 unspecified atom stereocenters. The second-order valence-electron chi connectivity index (χ2n) is 4.49. The maximum Gasteiger partial charge on any atom is 0.573 e. The van der Waals surface area contributed by atoms with E-state index >= 15 is 0 Å². The minimum atomic E-state index is -4.67. The molecule has 2 rings (SSSR count). The van der Waals surface area contributed by atoms with Crippen LogP contribution in [-0.4, -0.2) is 6.36 Å². The lowest BCUT2D eigenvalue weighted by molar-refractivity contribution is -0.274. The van der Waals surface area contributed by atoms with Gasteiger partial charge in [-0.2, -0.15) is 0 Å². The first kappa shape index (κ1) is 17.3. The predicted octanol–water partition coefficient (Wildman–Crippen LogP) is 4.69. The number of rotatable bonds is 3. The smallest absolute Gasteiger partial charge is 0.406 e. The highest BCUT2D eigenvalue weighted by Crippen LogP contribution is 2.27. The third-order valence-electron chi connectivity index (χ3n) is 2.83. The molecule has 0 saturated carbocycles. The van der Waals surface area contributed by atoms with Gasteiger partial charge in [-0.25, -0.2) is 0 Å². The lowest BCUT2D eigenvalue weighted by atomic mass is 10.0. The molecular formula is C15H15ClF3NO. The molecular weight excluding hydrogens is 303 g/mol. The van der Waals surface area contributed by atoms with Crippen LogP contribution in [0.25, 0.3) is 11.1 Å². The third kappa shape index (κ3) is 4.95. The van der Waals surface area contributed by atoms with Gasteiger partial charge in [0.25, 0.3) is 0 Å². The van der Waals surface area contributed by atoms with E-state index in [1.165, 1.54) is 12.1 Å². The SMILES string of the molecule is C[C@@H](N)c1cccc(-c2ccc(OC(F)(F)F)cc2)c1.Cl. The van der Waals surface area contributed by atoms with Crippen LogP contribution in [-0.2, 0) is 0 Å². The first-order valence-electron chi connectivity index (χ1n) is 6.07. The Kier molecular flexibility index (Phi) is 5.63. The van der Waals surface area contributed by atoms with Gasteiger partial charge in [0.1, 0.15) is 5.75 Å². The molecule has 0 amide bonds. The summed E-state index contributed by atoms with van der Waals surface area (Å²) in [5.41, 5.74) is 8.49. The maximum atomic E-state index is 12.1. The number of benzene rings is 2. The minimum absolute atomic E-state index is 0. The van der Waals surface area contributed by atoms with Crippen molar-refractivity contribution in [3.8, 4) is 16.9 Å². The molecule has 0 aliphatic rings. The van der Waals surface area contributed by atoms with E-state index in [0.717, 1.165) is 16.7 Å². The molecule has 0 aliphatic heterocycles. The van der Waals surface area contributed by atoms with Crippen LogP contribution in [0.2, 0.25) is 0 Å². The summed E-state index contributed by atoms with van der Waals surface area (Å²) in [5.74, 6) is -0.232.